The SMILES string of the molecule is Cc1[nH]c2ccccc2c1C=Cc1nc2ccccc2c(=O)n1-c1ccccc1. The Kier molecular flexibility index (Phi) is 4.10. The average molecular weight is 377 g/mol. The van der Waals surface area contributed by atoms with Crippen LogP contribution in [0.5, 0.6) is 0 Å². The molecular formula is C25H19N3O. The van der Waals surface area contributed by atoms with Crippen LogP contribution in [0.25, 0.3) is 39.6 Å². The first-order chi connectivity index (χ1) is 14.2. The van der Waals surface area contributed by atoms with E-state index in [2.05, 4.69) is 24.0 Å². The molecule has 0 aliphatic heterocycles. The van der Waals surface area contributed by atoms with Crippen LogP contribution < -0.4 is 5.56 Å². The van der Waals surface area contributed by atoms with Crippen molar-refractivity contribution in [3.05, 3.63) is 106 Å². The summed E-state index contributed by atoms with van der Waals surface area (Å²) in [5.41, 5.74) is 4.69. The van der Waals surface area contributed by atoms with Gasteiger partial charge in [-0.3, -0.25) is 9.36 Å². The fourth-order valence-electron chi connectivity index (χ4n) is 3.76. The number of hydrogen-bond acceptors (Lipinski definition) is 2. The van der Waals surface area contributed by atoms with Gasteiger partial charge in [0.15, 0.2) is 0 Å². The van der Waals surface area contributed by atoms with Crippen LogP contribution >= 0.6 is 0 Å². The highest BCUT2D eigenvalue weighted by molar-refractivity contribution is 5.93. The molecule has 4 nitrogen and oxygen atoms in total. The van der Waals surface area contributed by atoms with Gasteiger partial charge in [-0.05, 0) is 49.4 Å². The quantitative estimate of drug-likeness (QED) is 0.461. The van der Waals surface area contributed by atoms with Crippen LogP contribution in [0.15, 0.2) is 83.7 Å². The van der Waals surface area contributed by atoms with E-state index >= 15 is 0 Å². The lowest BCUT2D eigenvalue weighted by atomic mass is 10.1. The zero-order valence-corrected chi connectivity index (χ0v) is 16.0. The van der Waals surface area contributed by atoms with E-state index in [1.165, 1.54) is 0 Å². The first-order valence-corrected chi connectivity index (χ1v) is 9.55. The van der Waals surface area contributed by atoms with Crippen molar-refractivity contribution in [1.82, 2.24) is 14.5 Å². The van der Waals surface area contributed by atoms with E-state index in [-0.39, 0.29) is 5.56 Å². The second kappa shape index (κ2) is 6.91. The lowest BCUT2D eigenvalue weighted by Gasteiger charge is -2.11. The number of H-pyrrole nitrogens is 1. The van der Waals surface area contributed by atoms with Gasteiger partial charge in [-0.1, -0.05) is 48.5 Å². The van der Waals surface area contributed by atoms with Gasteiger partial charge in [-0.25, -0.2) is 4.98 Å². The molecule has 0 unspecified atom stereocenters. The molecule has 3 aromatic carbocycles. The Labute approximate surface area is 167 Å². The fraction of sp³-hybridized carbons (Fsp3) is 0.0400. The van der Waals surface area contributed by atoms with Gasteiger partial charge in [-0.15, -0.1) is 0 Å². The van der Waals surface area contributed by atoms with Gasteiger partial charge in [-0.2, -0.15) is 0 Å². The van der Waals surface area contributed by atoms with Gasteiger partial charge in [0.2, 0.25) is 0 Å². The van der Waals surface area contributed by atoms with Crippen molar-refractivity contribution in [2.45, 2.75) is 6.92 Å². The molecule has 0 radical (unpaired) electrons. The van der Waals surface area contributed by atoms with Crippen molar-refractivity contribution >= 4 is 34.0 Å². The maximum atomic E-state index is 13.3. The van der Waals surface area contributed by atoms with Gasteiger partial charge in [0, 0.05) is 22.2 Å². The summed E-state index contributed by atoms with van der Waals surface area (Å²) in [7, 11) is 0. The third kappa shape index (κ3) is 2.95. The lowest BCUT2D eigenvalue weighted by molar-refractivity contribution is 0.944. The van der Waals surface area contributed by atoms with Crippen LogP contribution in [0.3, 0.4) is 0 Å². The second-order valence-electron chi connectivity index (χ2n) is 7.01. The molecule has 0 atom stereocenters. The molecule has 0 aliphatic rings. The molecule has 29 heavy (non-hydrogen) atoms. The van der Waals surface area contributed by atoms with Crippen LogP contribution in [0.2, 0.25) is 0 Å². The number of rotatable bonds is 3. The summed E-state index contributed by atoms with van der Waals surface area (Å²) in [6.45, 7) is 2.05. The molecule has 5 aromatic rings. The molecule has 2 heterocycles. The Morgan fingerprint density at radius 3 is 2.34 bits per heavy atom. The molecule has 5 rings (SSSR count). The highest BCUT2D eigenvalue weighted by Crippen LogP contribution is 2.24. The molecule has 140 valence electrons. The average Bonchev–Trinajstić information content (AvgIpc) is 3.08. The standard InChI is InChI=1S/C25H19N3O/c1-17-19(20-11-5-7-13-22(20)26-17)15-16-24-27-23-14-8-6-12-21(23)25(29)28(24)18-9-3-2-4-10-18/h2-16,26H,1H3. The highest BCUT2D eigenvalue weighted by atomic mass is 16.1. The summed E-state index contributed by atoms with van der Waals surface area (Å²) in [6, 6.07) is 25.3. The predicted molar refractivity (Wildman–Crippen MR) is 119 cm³/mol. The number of hydrogen-bond donors (Lipinski definition) is 1. The second-order valence-corrected chi connectivity index (χ2v) is 7.01. The molecule has 0 saturated carbocycles. The van der Waals surface area contributed by atoms with Gasteiger partial charge >= 0.3 is 0 Å². The van der Waals surface area contributed by atoms with Gasteiger partial charge in [0.1, 0.15) is 5.82 Å². The molecule has 0 fully saturated rings. The van der Waals surface area contributed by atoms with Crippen LogP contribution in [-0.4, -0.2) is 14.5 Å². The van der Waals surface area contributed by atoms with Crippen molar-refractivity contribution in [2.75, 3.05) is 0 Å². The zero-order valence-electron chi connectivity index (χ0n) is 16.0. The maximum Gasteiger partial charge on any atom is 0.266 e. The topological polar surface area (TPSA) is 50.7 Å². The Morgan fingerprint density at radius 2 is 1.52 bits per heavy atom. The van der Waals surface area contributed by atoms with Crippen LogP contribution in [-0.2, 0) is 0 Å². The van der Waals surface area contributed by atoms with Crippen molar-refractivity contribution in [3.63, 3.8) is 0 Å². The van der Waals surface area contributed by atoms with E-state index in [9.17, 15) is 4.79 Å². The monoisotopic (exact) mass is 377 g/mol. The number of benzene rings is 3. The summed E-state index contributed by atoms with van der Waals surface area (Å²) in [5, 5.41) is 1.76. The number of aromatic amines is 1. The van der Waals surface area contributed by atoms with Gasteiger partial charge < -0.3 is 4.98 Å². The number of nitrogens with one attached hydrogen (secondary N) is 1. The molecule has 0 bridgehead atoms. The van der Waals surface area contributed by atoms with E-state index in [1.807, 2.05) is 78.9 Å². The van der Waals surface area contributed by atoms with Crippen LogP contribution in [0.4, 0.5) is 0 Å². The number of aryl methyl sites for hydroxylation is 1. The van der Waals surface area contributed by atoms with Crippen molar-refractivity contribution in [3.8, 4) is 5.69 Å². The normalized spacial score (nSPS) is 11.6. The molecular weight excluding hydrogens is 358 g/mol. The zero-order chi connectivity index (χ0) is 19.8. The summed E-state index contributed by atoms with van der Waals surface area (Å²) in [4.78, 5) is 21.5. The number of fused-ring (bicyclic) bond motifs is 2. The maximum absolute atomic E-state index is 13.3. The number of nitrogens with zero attached hydrogens (tertiary/aromatic N) is 2. The Morgan fingerprint density at radius 1 is 0.828 bits per heavy atom. The van der Waals surface area contributed by atoms with E-state index in [0.29, 0.717) is 16.7 Å². The predicted octanol–water partition coefficient (Wildman–Crippen LogP) is 5.35. The number of aromatic nitrogens is 3. The van der Waals surface area contributed by atoms with Crippen molar-refractivity contribution < 1.29 is 0 Å². The van der Waals surface area contributed by atoms with E-state index in [0.717, 1.165) is 27.8 Å². The molecule has 1 N–H and O–H groups in total. The minimum Gasteiger partial charge on any atom is -0.358 e. The summed E-state index contributed by atoms with van der Waals surface area (Å²) in [5.74, 6) is 0.601. The smallest absolute Gasteiger partial charge is 0.266 e. The molecule has 2 aromatic heterocycles. The molecule has 0 amide bonds. The Balaban J connectivity index is 1.75. The highest BCUT2D eigenvalue weighted by Gasteiger charge is 2.11. The molecule has 4 heteroatoms. The summed E-state index contributed by atoms with van der Waals surface area (Å²) < 4.78 is 1.67. The largest absolute Gasteiger partial charge is 0.358 e. The first kappa shape index (κ1) is 17.2. The molecule has 0 spiro atoms. The fourth-order valence-corrected chi connectivity index (χ4v) is 3.76. The summed E-state index contributed by atoms with van der Waals surface area (Å²) in [6.07, 6.45) is 3.95. The van der Waals surface area contributed by atoms with Gasteiger partial charge in [0.25, 0.3) is 5.56 Å². The van der Waals surface area contributed by atoms with E-state index in [4.69, 9.17) is 4.98 Å². The van der Waals surface area contributed by atoms with E-state index < -0.39 is 0 Å². The molecule has 0 aliphatic carbocycles. The minimum atomic E-state index is -0.0721. The molecule has 0 saturated heterocycles. The van der Waals surface area contributed by atoms with Gasteiger partial charge in [0.05, 0.1) is 16.6 Å². The Hall–Kier alpha value is -3.92. The van der Waals surface area contributed by atoms with Crippen LogP contribution in [0.1, 0.15) is 17.1 Å². The first-order valence-electron chi connectivity index (χ1n) is 9.55. The number of para-hydroxylation sites is 3. The Bertz CT molecular complexity index is 1430. The minimum absolute atomic E-state index is 0.0721. The lowest BCUT2D eigenvalue weighted by Crippen LogP contribution is -2.22. The van der Waals surface area contributed by atoms with Crippen molar-refractivity contribution in [2.24, 2.45) is 0 Å². The summed E-state index contributed by atoms with van der Waals surface area (Å²) >= 11 is 0. The van der Waals surface area contributed by atoms with Crippen molar-refractivity contribution in [1.29, 1.82) is 0 Å². The third-order valence-electron chi connectivity index (χ3n) is 5.16. The van der Waals surface area contributed by atoms with E-state index in [1.54, 1.807) is 4.57 Å². The third-order valence-corrected chi connectivity index (χ3v) is 5.16. The van der Waals surface area contributed by atoms with Crippen LogP contribution in [0, 0.1) is 6.92 Å².